The molecule has 5 rings (SSSR count). The quantitative estimate of drug-likeness (QED) is 0.587. The molecule has 1 heterocycles. The normalized spacial score (nSPS) is 23.5. The van der Waals surface area contributed by atoms with E-state index in [1.807, 2.05) is 30.7 Å². The molecule has 2 N–H and O–H groups in total. The van der Waals surface area contributed by atoms with Gasteiger partial charge in [0.15, 0.2) is 0 Å². The van der Waals surface area contributed by atoms with E-state index >= 15 is 0 Å². The Morgan fingerprint density at radius 1 is 1.10 bits per heavy atom. The molecule has 208 valence electrons. The van der Waals surface area contributed by atoms with Crippen LogP contribution in [0.5, 0.6) is 0 Å². The van der Waals surface area contributed by atoms with Gasteiger partial charge in [-0.05, 0) is 67.8 Å². The van der Waals surface area contributed by atoms with E-state index in [0.717, 1.165) is 19.3 Å². The molecule has 2 amide bonds. The van der Waals surface area contributed by atoms with Gasteiger partial charge < -0.3 is 15.5 Å². The number of rotatable bonds is 7. The number of nitriles is 1. The minimum Gasteiger partial charge on any atom is -0.330 e. The summed E-state index contributed by atoms with van der Waals surface area (Å²) in [6.45, 7) is 8.76. The maximum atomic E-state index is 13.9. The fraction of sp³-hybridized carbons (Fsp3) is 0.531. The molecule has 1 saturated heterocycles. The lowest BCUT2D eigenvalue weighted by Gasteiger charge is -2.33. The Kier molecular flexibility index (Phi) is 9.09. The number of fused-ring (bicyclic) bond motifs is 2. The number of carbonyl (C=O) groups excluding carboxylic acids is 2. The van der Waals surface area contributed by atoms with Gasteiger partial charge in [-0.2, -0.15) is 5.26 Å². The summed E-state index contributed by atoms with van der Waals surface area (Å²) in [4.78, 5) is 32.8. The van der Waals surface area contributed by atoms with E-state index in [9.17, 15) is 14.9 Å². The van der Waals surface area contributed by atoms with Crippen LogP contribution in [-0.2, 0) is 22.4 Å². The predicted octanol–water partition coefficient (Wildman–Crippen LogP) is 3.91. The van der Waals surface area contributed by atoms with Gasteiger partial charge in [-0.3, -0.25) is 14.5 Å². The predicted molar refractivity (Wildman–Crippen MR) is 154 cm³/mol. The van der Waals surface area contributed by atoms with Crippen molar-refractivity contribution in [1.29, 1.82) is 5.26 Å². The third-order valence-corrected chi connectivity index (χ3v) is 8.50. The second-order valence-electron chi connectivity index (χ2n) is 11.0. The molecular formula is C32H43N5O2. The molecule has 7 nitrogen and oxygen atoms in total. The van der Waals surface area contributed by atoms with Crippen molar-refractivity contribution in [3.8, 4) is 6.07 Å². The molecule has 7 heteroatoms. The SMILES string of the molecule is CC.CC1CC1N(C(=O)C(N)CN(C)C1CCN(C2c3ccccc3CCc3ccccc32)C1=O)C(C)C#N. The van der Waals surface area contributed by atoms with Crippen LogP contribution in [0.15, 0.2) is 48.5 Å². The molecule has 0 bridgehead atoms. The van der Waals surface area contributed by atoms with E-state index in [0.29, 0.717) is 18.9 Å². The van der Waals surface area contributed by atoms with Gasteiger partial charge in [0.25, 0.3) is 0 Å². The van der Waals surface area contributed by atoms with Crippen molar-refractivity contribution in [3.63, 3.8) is 0 Å². The summed E-state index contributed by atoms with van der Waals surface area (Å²) in [7, 11) is 1.88. The molecule has 0 aromatic heterocycles. The fourth-order valence-electron chi connectivity index (χ4n) is 6.28. The van der Waals surface area contributed by atoms with E-state index in [4.69, 9.17) is 5.73 Å². The Hall–Kier alpha value is -3.21. The van der Waals surface area contributed by atoms with E-state index in [2.05, 4.69) is 61.5 Å². The van der Waals surface area contributed by atoms with Gasteiger partial charge in [-0.15, -0.1) is 0 Å². The second kappa shape index (κ2) is 12.3. The van der Waals surface area contributed by atoms with E-state index in [1.54, 1.807) is 11.8 Å². The Morgan fingerprint density at radius 3 is 2.15 bits per heavy atom. The minimum atomic E-state index is -0.783. The van der Waals surface area contributed by atoms with Crippen molar-refractivity contribution in [2.24, 2.45) is 11.7 Å². The first kappa shape index (κ1) is 28.8. The number of likely N-dealkylation sites (tertiary alicyclic amines) is 1. The van der Waals surface area contributed by atoms with Crippen LogP contribution in [-0.4, -0.2) is 70.8 Å². The first-order valence-corrected chi connectivity index (χ1v) is 14.5. The summed E-state index contributed by atoms with van der Waals surface area (Å²) in [6, 6.07) is 17.5. The molecule has 5 unspecified atom stereocenters. The van der Waals surface area contributed by atoms with Gasteiger partial charge in [-0.25, -0.2) is 0 Å². The molecular weight excluding hydrogens is 486 g/mol. The minimum absolute atomic E-state index is 0.0803. The number of nitrogens with two attached hydrogens (primary N) is 1. The summed E-state index contributed by atoms with van der Waals surface area (Å²) < 4.78 is 0. The van der Waals surface area contributed by atoms with E-state index < -0.39 is 12.1 Å². The Morgan fingerprint density at radius 2 is 1.64 bits per heavy atom. The molecule has 5 atom stereocenters. The Balaban J connectivity index is 0.00000172. The van der Waals surface area contributed by atoms with Crippen LogP contribution in [0.25, 0.3) is 0 Å². The number of likely N-dealkylation sites (N-methyl/N-ethyl adjacent to an activating group) is 1. The first-order valence-electron chi connectivity index (χ1n) is 14.5. The number of benzene rings is 2. The number of aryl methyl sites for hydroxylation is 2. The third-order valence-electron chi connectivity index (χ3n) is 8.50. The molecule has 0 radical (unpaired) electrons. The van der Waals surface area contributed by atoms with Crippen LogP contribution in [0.1, 0.15) is 68.8 Å². The first-order chi connectivity index (χ1) is 18.8. The molecule has 1 saturated carbocycles. The van der Waals surface area contributed by atoms with Gasteiger partial charge in [0.2, 0.25) is 11.8 Å². The molecule has 39 heavy (non-hydrogen) atoms. The zero-order valence-corrected chi connectivity index (χ0v) is 24.0. The molecule has 2 aromatic carbocycles. The number of amides is 2. The third kappa shape index (κ3) is 5.73. The van der Waals surface area contributed by atoms with Crippen LogP contribution < -0.4 is 5.73 Å². The Labute approximate surface area is 233 Å². The summed E-state index contributed by atoms with van der Waals surface area (Å²) >= 11 is 0. The number of hydrogen-bond donors (Lipinski definition) is 1. The van der Waals surface area contributed by atoms with Crippen molar-refractivity contribution in [2.75, 3.05) is 20.1 Å². The average molecular weight is 530 g/mol. The highest BCUT2D eigenvalue weighted by Gasteiger charge is 2.45. The van der Waals surface area contributed by atoms with Crippen LogP contribution in [0.4, 0.5) is 0 Å². The molecule has 3 aliphatic rings. The zero-order valence-electron chi connectivity index (χ0n) is 24.0. The standard InChI is InChI=1S/C30H37N5O2.C2H6/c1-19-16-27(19)35(20(2)17-31)29(36)25(32)18-33(3)26-14-15-34(30(26)37)28-23-10-6-4-8-21(23)12-13-22-9-5-7-11-24(22)28;1-2/h4-11,19-20,25-28H,12-16,18,32H2,1-3H3;1-2H3. The molecule has 1 aliphatic heterocycles. The van der Waals surface area contributed by atoms with Crippen molar-refractivity contribution < 1.29 is 9.59 Å². The van der Waals surface area contributed by atoms with E-state index in [1.165, 1.54) is 22.3 Å². The van der Waals surface area contributed by atoms with Crippen LogP contribution >= 0.6 is 0 Å². The molecule has 2 aliphatic carbocycles. The van der Waals surface area contributed by atoms with Crippen molar-refractivity contribution in [2.45, 2.75) is 83.6 Å². The van der Waals surface area contributed by atoms with Crippen LogP contribution in [0.2, 0.25) is 0 Å². The summed E-state index contributed by atoms with van der Waals surface area (Å²) in [5, 5.41) is 9.46. The highest BCUT2D eigenvalue weighted by molar-refractivity contribution is 5.86. The number of carbonyl (C=O) groups is 2. The maximum absolute atomic E-state index is 13.9. The second-order valence-corrected chi connectivity index (χ2v) is 11.0. The van der Waals surface area contributed by atoms with Crippen molar-refractivity contribution in [1.82, 2.24) is 14.7 Å². The van der Waals surface area contributed by atoms with Gasteiger partial charge in [-0.1, -0.05) is 69.3 Å². The topological polar surface area (TPSA) is 93.7 Å². The lowest BCUT2D eigenvalue weighted by atomic mass is 9.93. The van der Waals surface area contributed by atoms with Crippen LogP contribution in [0, 0.1) is 17.2 Å². The lowest BCUT2D eigenvalue weighted by molar-refractivity contribution is -0.137. The molecule has 0 spiro atoms. The Bertz CT molecular complexity index is 1180. The van der Waals surface area contributed by atoms with Gasteiger partial charge >= 0.3 is 0 Å². The lowest BCUT2D eigenvalue weighted by Crippen LogP contribution is -2.54. The highest BCUT2D eigenvalue weighted by atomic mass is 16.2. The smallest absolute Gasteiger partial charge is 0.242 e. The number of nitrogens with zero attached hydrogens (tertiary/aromatic N) is 4. The monoisotopic (exact) mass is 529 g/mol. The molecule has 2 fully saturated rings. The number of hydrogen-bond acceptors (Lipinski definition) is 5. The van der Waals surface area contributed by atoms with Crippen LogP contribution in [0.3, 0.4) is 0 Å². The zero-order chi connectivity index (χ0) is 28.3. The average Bonchev–Trinajstić information content (AvgIpc) is 3.59. The fourth-order valence-corrected chi connectivity index (χ4v) is 6.28. The van der Waals surface area contributed by atoms with E-state index in [-0.39, 0.29) is 36.5 Å². The summed E-state index contributed by atoms with van der Waals surface area (Å²) in [5.74, 6) is 0.265. The maximum Gasteiger partial charge on any atom is 0.242 e. The van der Waals surface area contributed by atoms with Gasteiger partial charge in [0, 0.05) is 19.1 Å². The largest absolute Gasteiger partial charge is 0.330 e. The van der Waals surface area contributed by atoms with Crippen molar-refractivity contribution >= 4 is 11.8 Å². The highest BCUT2D eigenvalue weighted by Crippen LogP contribution is 2.39. The van der Waals surface area contributed by atoms with Crippen molar-refractivity contribution in [3.05, 3.63) is 70.8 Å². The summed E-state index contributed by atoms with van der Waals surface area (Å²) in [6.07, 6.45) is 3.52. The molecule has 2 aromatic rings. The van der Waals surface area contributed by atoms with Gasteiger partial charge in [0.1, 0.15) is 6.04 Å². The van der Waals surface area contributed by atoms with Gasteiger partial charge in [0.05, 0.1) is 24.2 Å². The summed E-state index contributed by atoms with van der Waals surface area (Å²) in [5.41, 5.74) is 11.4.